The molecule has 2 atom stereocenters. The molecule has 1 aliphatic carbocycles. The second-order valence-corrected chi connectivity index (χ2v) is 4.07. The third-order valence-electron chi connectivity index (χ3n) is 3.59. The van der Waals surface area contributed by atoms with Gasteiger partial charge in [-0.05, 0) is 26.2 Å². The minimum absolute atomic E-state index is 0.177. The highest BCUT2D eigenvalue weighted by Crippen LogP contribution is 2.56. The highest BCUT2D eigenvalue weighted by molar-refractivity contribution is 5.13. The molecular weight excluding hydrogens is 164 g/mol. The summed E-state index contributed by atoms with van der Waals surface area (Å²) in [7, 11) is 1.77. The van der Waals surface area contributed by atoms with E-state index >= 15 is 0 Å². The van der Waals surface area contributed by atoms with Crippen LogP contribution < -0.4 is 0 Å². The molecule has 2 heteroatoms. The van der Waals surface area contributed by atoms with Crippen LogP contribution in [0.4, 0.5) is 0 Å². The van der Waals surface area contributed by atoms with E-state index in [4.69, 9.17) is 9.47 Å². The van der Waals surface area contributed by atoms with Crippen LogP contribution in [0.5, 0.6) is 0 Å². The quantitative estimate of drug-likeness (QED) is 0.611. The van der Waals surface area contributed by atoms with Crippen LogP contribution in [0.2, 0.25) is 0 Å². The van der Waals surface area contributed by atoms with Crippen molar-refractivity contribution in [2.45, 2.75) is 38.4 Å². The smallest absolute Gasteiger partial charge is 0.177 e. The highest BCUT2D eigenvalue weighted by atomic mass is 16.7. The van der Waals surface area contributed by atoms with Crippen LogP contribution in [0.15, 0.2) is 12.2 Å². The third-order valence-corrected chi connectivity index (χ3v) is 3.59. The Morgan fingerprint density at radius 3 is 2.85 bits per heavy atom. The second-order valence-electron chi connectivity index (χ2n) is 4.07. The summed E-state index contributed by atoms with van der Waals surface area (Å²) in [5, 5.41) is 0. The summed E-state index contributed by atoms with van der Waals surface area (Å²) < 4.78 is 11.4. The van der Waals surface area contributed by atoms with Crippen LogP contribution in [-0.2, 0) is 9.47 Å². The number of hydrogen-bond acceptors (Lipinski definition) is 2. The molecule has 0 aromatic rings. The van der Waals surface area contributed by atoms with E-state index in [2.05, 4.69) is 19.1 Å². The fourth-order valence-electron chi connectivity index (χ4n) is 2.98. The Bertz CT molecular complexity index is 210. The maximum absolute atomic E-state index is 5.80. The summed E-state index contributed by atoms with van der Waals surface area (Å²) in [6, 6.07) is 0. The summed E-state index contributed by atoms with van der Waals surface area (Å²) >= 11 is 0. The predicted octanol–water partition coefficient (Wildman–Crippen LogP) is 2.50. The number of fused-ring (bicyclic) bond motifs is 1. The zero-order chi connectivity index (χ0) is 9.36. The number of hydrogen-bond donors (Lipinski definition) is 0. The van der Waals surface area contributed by atoms with Crippen molar-refractivity contribution in [1.82, 2.24) is 0 Å². The molecule has 2 fully saturated rings. The molecule has 2 nitrogen and oxygen atoms in total. The molecule has 0 aromatic carbocycles. The van der Waals surface area contributed by atoms with Crippen LogP contribution >= 0.6 is 0 Å². The molecule has 2 unspecified atom stereocenters. The van der Waals surface area contributed by atoms with Crippen LogP contribution in [0, 0.1) is 5.41 Å². The van der Waals surface area contributed by atoms with Crippen molar-refractivity contribution in [3.8, 4) is 0 Å². The number of ether oxygens (including phenoxy) is 2. The largest absolute Gasteiger partial charge is 0.352 e. The molecule has 13 heavy (non-hydrogen) atoms. The van der Waals surface area contributed by atoms with Crippen LogP contribution in [-0.4, -0.2) is 19.5 Å². The summed E-state index contributed by atoms with van der Waals surface area (Å²) in [5.41, 5.74) is 0.177. The number of rotatable bonds is 2. The van der Waals surface area contributed by atoms with E-state index in [0.717, 1.165) is 19.4 Å². The van der Waals surface area contributed by atoms with Crippen molar-refractivity contribution < 1.29 is 9.47 Å². The average molecular weight is 182 g/mol. The molecule has 0 N–H and O–H groups in total. The van der Waals surface area contributed by atoms with Crippen molar-refractivity contribution >= 4 is 0 Å². The lowest BCUT2D eigenvalue weighted by atomic mass is 9.80. The van der Waals surface area contributed by atoms with Crippen molar-refractivity contribution in [2.75, 3.05) is 13.7 Å². The second kappa shape index (κ2) is 3.10. The molecule has 74 valence electrons. The minimum Gasteiger partial charge on any atom is -0.352 e. The van der Waals surface area contributed by atoms with Crippen molar-refractivity contribution in [3.63, 3.8) is 0 Å². The Morgan fingerprint density at radius 2 is 2.15 bits per heavy atom. The van der Waals surface area contributed by atoms with Crippen molar-refractivity contribution in [2.24, 2.45) is 5.41 Å². The number of methoxy groups -OCH3 is 1. The monoisotopic (exact) mass is 182 g/mol. The average Bonchev–Trinajstić information content (AvgIpc) is 2.59. The van der Waals surface area contributed by atoms with Crippen molar-refractivity contribution in [1.29, 1.82) is 0 Å². The van der Waals surface area contributed by atoms with E-state index in [-0.39, 0.29) is 11.2 Å². The zero-order valence-electron chi connectivity index (χ0n) is 8.51. The molecule has 0 spiro atoms. The van der Waals surface area contributed by atoms with E-state index in [1.807, 2.05) is 0 Å². The Morgan fingerprint density at radius 1 is 1.31 bits per heavy atom. The van der Waals surface area contributed by atoms with Gasteiger partial charge in [0, 0.05) is 18.9 Å². The lowest BCUT2D eigenvalue weighted by Crippen LogP contribution is -2.40. The first kappa shape index (κ1) is 9.22. The molecule has 1 heterocycles. The van der Waals surface area contributed by atoms with Gasteiger partial charge in [-0.15, -0.1) is 0 Å². The molecular formula is C11H18O2. The zero-order valence-corrected chi connectivity index (χ0v) is 8.51. The fourth-order valence-corrected chi connectivity index (χ4v) is 2.98. The third kappa shape index (κ3) is 1.09. The normalized spacial score (nSPS) is 44.5. The molecule has 2 aliphatic rings. The summed E-state index contributed by atoms with van der Waals surface area (Å²) in [5.74, 6) is -0.292. The maximum Gasteiger partial charge on any atom is 0.177 e. The lowest BCUT2D eigenvalue weighted by Gasteiger charge is -2.35. The Balaban J connectivity index is 2.33. The van der Waals surface area contributed by atoms with Crippen molar-refractivity contribution in [3.05, 3.63) is 12.2 Å². The fraction of sp³-hybridized carbons (Fsp3) is 0.818. The van der Waals surface area contributed by atoms with E-state index in [0.29, 0.717) is 0 Å². The van der Waals surface area contributed by atoms with Gasteiger partial charge >= 0.3 is 0 Å². The summed E-state index contributed by atoms with van der Waals surface area (Å²) in [6.07, 6.45) is 9.02. The maximum atomic E-state index is 5.80. The molecule has 0 aromatic heterocycles. The summed E-state index contributed by atoms with van der Waals surface area (Å²) in [4.78, 5) is 0. The van der Waals surface area contributed by atoms with Gasteiger partial charge < -0.3 is 9.47 Å². The van der Waals surface area contributed by atoms with Gasteiger partial charge in [0.15, 0.2) is 5.79 Å². The molecule has 0 radical (unpaired) electrons. The first-order chi connectivity index (χ1) is 6.29. The van der Waals surface area contributed by atoms with Gasteiger partial charge in [-0.2, -0.15) is 0 Å². The molecule has 2 rings (SSSR count). The van der Waals surface area contributed by atoms with Gasteiger partial charge in [-0.3, -0.25) is 0 Å². The van der Waals surface area contributed by atoms with Crippen LogP contribution in [0.1, 0.15) is 32.6 Å². The number of allylic oxidation sites excluding steroid dienone is 1. The SMILES string of the molecule is C/C=C/C12CCCC1(OC)OCC2. The van der Waals surface area contributed by atoms with Crippen LogP contribution in [0.3, 0.4) is 0 Å². The molecule has 1 saturated heterocycles. The van der Waals surface area contributed by atoms with Gasteiger partial charge in [0.2, 0.25) is 0 Å². The van der Waals surface area contributed by atoms with E-state index in [9.17, 15) is 0 Å². The molecule has 1 aliphatic heterocycles. The first-order valence-corrected chi connectivity index (χ1v) is 5.12. The van der Waals surface area contributed by atoms with Gasteiger partial charge in [-0.1, -0.05) is 12.2 Å². The predicted molar refractivity (Wildman–Crippen MR) is 51.4 cm³/mol. The van der Waals surface area contributed by atoms with Gasteiger partial charge in [0.1, 0.15) is 0 Å². The standard InChI is InChI=1S/C11H18O2/c1-3-5-10-6-4-7-11(10,12-2)13-9-8-10/h3,5H,4,6-9H2,1-2H3/b5-3+. The molecule has 1 saturated carbocycles. The molecule has 0 amide bonds. The lowest BCUT2D eigenvalue weighted by molar-refractivity contribution is -0.221. The van der Waals surface area contributed by atoms with Crippen LogP contribution in [0.25, 0.3) is 0 Å². The van der Waals surface area contributed by atoms with Gasteiger partial charge in [0.05, 0.1) is 6.61 Å². The van der Waals surface area contributed by atoms with E-state index in [1.54, 1.807) is 7.11 Å². The Hall–Kier alpha value is -0.340. The topological polar surface area (TPSA) is 18.5 Å². The minimum atomic E-state index is -0.292. The van der Waals surface area contributed by atoms with E-state index in [1.165, 1.54) is 12.8 Å². The Labute approximate surface area is 79.9 Å². The summed E-state index contributed by atoms with van der Waals surface area (Å²) in [6.45, 7) is 2.92. The van der Waals surface area contributed by atoms with E-state index < -0.39 is 0 Å². The Kier molecular flexibility index (Phi) is 2.20. The molecule has 0 bridgehead atoms. The highest BCUT2D eigenvalue weighted by Gasteiger charge is 2.58. The van der Waals surface area contributed by atoms with Gasteiger partial charge in [-0.25, -0.2) is 0 Å². The first-order valence-electron chi connectivity index (χ1n) is 5.12. The van der Waals surface area contributed by atoms with Gasteiger partial charge in [0.25, 0.3) is 0 Å².